The highest BCUT2D eigenvalue weighted by Crippen LogP contribution is 2.30. The molecule has 18 heavy (non-hydrogen) atoms. The Hall–Kier alpha value is -1.26. The fourth-order valence-electron chi connectivity index (χ4n) is 1.94. The molecule has 5 heteroatoms. The highest BCUT2D eigenvalue weighted by atomic mass is 35.5. The summed E-state index contributed by atoms with van der Waals surface area (Å²) in [7, 11) is 1.57. The van der Waals surface area contributed by atoms with Gasteiger partial charge in [-0.15, -0.1) is 0 Å². The zero-order chi connectivity index (χ0) is 13.7. The Morgan fingerprint density at radius 2 is 2.22 bits per heavy atom. The smallest absolute Gasteiger partial charge is 0.303 e. The molecule has 1 aromatic rings. The van der Waals surface area contributed by atoms with E-state index >= 15 is 0 Å². The van der Waals surface area contributed by atoms with Crippen LogP contribution >= 0.6 is 11.6 Å². The van der Waals surface area contributed by atoms with E-state index < -0.39 is 5.97 Å². The lowest BCUT2D eigenvalue weighted by Gasteiger charge is -2.19. The number of hydrogen-bond acceptors (Lipinski definition) is 3. The molecule has 2 unspecified atom stereocenters. The third kappa shape index (κ3) is 4.20. The lowest BCUT2D eigenvalue weighted by atomic mass is 9.94. The standard InChI is InChI=1S/C13H18ClNO3/c1-8(6-13(16)17)5-11(15)10-7-9(14)3-4-12(10)18-2/h3-4,7-8,11H,5-6,15H2,1-2H3,(H,16,17). The summed E-state index contributed by atoms with van der Waals surface area (Å²) in [6.45, 7) is 1.87. The van der Waals surface area contributed by atoms with Crippen molar-refractivity contribution in [1.29, 1.82) is 0 Å². The molecule has 2 atom stereocenters. The number of hydrogen-bond donors (Lipinski definition) is 2. The summed E-state index contributed by atoms with van der Waals surface area (Å²) >= 11 is 5.93. The van der Waals surface area contributed by atoms with Crippen molar-refractivity contribution in [1.82, 2.24) is 0 Å². The summed E-state index contributed by atoms with van der Waals surface area (Å²) < 4.78 is 5.23. The van der Waals surface area contributed by atoms with E-state index in [-0.39, 0.29) is 18.4 Å². The van der Waals surface area contributed by atoms with Gasteiger partial charge in [-0.1, -0.05) is 18.5 Å². The third-order valence-corrected chi connectivity index (χ3v) is 3.01. The van der Waals surface area contributed by atoms with Crippen molar-refractivity contribution in [3.8, 4) is 5.75 Å². The molecule has 0 saturated carbocycles. The molecular weight excluding hydrogens is 254 g/mol. The van der Waals surface area contributed by atoms with E-state index in [1.807, 2.05) is 6.92 Å². The van der Waals surface area contributed by atoms with Crippen LogP contribution in [0.5, 0.6) is 5.75 Å². The minimum absolute atomic E-state index is 0.00110. The minimum Gasteiger partial charge on any atom is -0.496 e. The Morgan fingerprint density at radius 3 is 2.78 bits per heavy atom. The molecule has 0 aromatic heterocycles. The summed E-state index contributed by atoms with van der Waals surface area (Å²) in [5.74, 6) is -0.136. The molecule has 3 N–H and O–H groups in total. The summed E-state index contributed by atoms with van der Waals surface area (Å²) in [5, 5.41) is 9.32. The van der Waals surface area contributed by atoms with Crippen LogP contribution in [0.1, 0.15) is 31.4 Å². The molecule has 0 radical (unpaired) electrons. The second-order valence-corrected chi connectivity index (χ2v) is 4.87. The Kier molecular flexibility index (Phi) is 5.44. The molecule has 0 aliphatic rings. The highest BCUT2D eigenvalue weighted by Gasteiger charge is 2.17. The maximum absolute atomic E-state index is 10.6. The van der Waals surface area contributed by atoms with E-state index in [0.29, 0.717) is 17.2 Å². The Bertz CT molecular complexity index is 423. The Labute approximate surface area is 112 Å². The predicted octanol–water partition coefficient (Wildman–Crippen LogP) is 2.85. The number of rotatable bonds is 6. The van der Waals surface area contributed by atoms with Gasteiger partial charge in [-0.25, -0.2) is 0 Å². The first kappa shape index (κ1) is 14.8. The highest BCUT2D eigenvalue weighted by molar-refractivity contribution is 6.30. The maximum atomic E-state index is 10.6. The molecular formula is C13H18ClNO3. The molecule has 1 rings (SSSR count). The number of methoxy groups -OCH3 is 1. The number of carbonyl (C=O) groups is 1. The molecule has 0 amide bonds. The molecule has 0 aliphatic carbocycles. The molecule has 100 valence electrons. The number of carboxylic acids is 1. The SMILES string of the molecule is COc1ccc(Cl)cc1C(N)CC(C)CC(=O)O. The molecule has 0 saturated heterocycles. The molecule has 4 nitrogen and oxygen atoms in total. The van der Waals surface area contributed by atoms with Crippen LogP contribution in [0, 0.1) is 5.92 Å². The van der Waals surface area contributed by atoms with Gasteiger partial charge in [0, 0.05) is 23.0 Å². The van der Waals surface area contributed by atoms with Gasteiger partial charge < -0.3 is 15.6 Å². The van der Waals surface area contributed by atoms with Crippen LogP contribution in [-0.4, -0.2) is 18.2 Å². The number of ether oxygens (including phenoxy) is 1. The zero-order valence-electron chi connectivity index (χ0n) is 10.5. The molecule has 0 heterocycles. The van der Waals surface area contributed by atoms with Gasteiger partial charge in [0.15, 0.2) is 0 Å². The van der Waals surface area contributed by atoms with E-state index in [1.54, 1.807) is 25.3 Å². The first-order valence-corrected chi connectivity index (χ1v) is 6.12. The maximum Gasteiger partial charge on any atom is 0.303 e. The first-order valence-electron chi connectivity index (χ1n) is 5.74. The molecule has 0 spiro atoms. The van der Waals surface area contributed by atoms with Crippen LogP contribution in [-0.2, 0) is 4.79 Å². The summed E-state index contributed by atoms with van der Waals surface area (Å²) in [6, 6.07) is 4.97. The number of nitrogens with two attached hydrogens (primary N) is 1. The van der Waals surface area contributed by atoms with Crippen molar-refractivity contribution >= 4 is 17.6 Å². The van der Waals surface area contributed by atoms with E-state index in [0.717, 1.165) is 5.56 Å². The van der Waals surface area contributed by atoms with Crippen LogP contribution in [0.15, 0.2) is 18.2 Å². The van der Waals surface area contributed by atoms with E-state index in [2.05, 4.69) is 0 Å². The number of carboxylic acid groups (broad SMARTS) is 1. The average molecular weight is 272 g/mol. The van der Waals surface area contributed by atoms with Crippen molar-refractivity contribution in [2.75, 3.05) is 7.11 Å². The normalized spacial score (nSPS) is 14.0. The van der Waals surface area contributed by atoms with E-state index in [9.17, 15) is 4.79 Å². The largest absolute Gasteiger partial charge is 0.496 e. The van der Waals surface area contributed by atoms with Crippen LogP contribution in [0.2, 0.25) is 5.02 Å². The van der Waals surface area contributed by atoms with Gasteiger partial charge >= 0.3 is 5.97 Å². The predicted molar refractivity (Wildman–Crippen MR) is 71.0 cm³/mol. The third-order valence-electron chi connectivity index (χ3n) is 2.77. The van der Waals surface area contributed by atoms with Gasteiger partial charge in [0.25, 0.3) is 0 Å². The molecule has 0 bridgehead atoms. The second kappa shape index (κ2) is 6.61. The first-order chi connectivity index (χ1) is 8.43. The average Bonchev–Trinajstić information content (AvgIpc) is 2.27. The topological polar surface area (TPSA) is 72.5 Å². The summed E-state index contributed by atoms with van der Waals surface area (Å²) in [5.41, 5.74) is 6.89. The summed E-state index contributed by atoms with van der Waals surface area (Å²) in [4.78, 5) is 10.6. The van der Waals surface area contributed by atoms with E-state index in [4.69, 9.17) is 27.2 Å². The van der Waals surface area contributed by atoms with E-state index in [1.165, 1.54) is 0 Å². The van der Waals surface area contributed by atoms with Crippen molar-refractivity contribution in [2.24, 2.45) is 11.7 Å². The van der Waals surface area contributed by atoms with Crippen LogP contribution in [0.3, 0.4) is 0 Å². The van der Waals surface area contributed by atoms with Gasteiger partial charge in [0.2, 0.25) is 0 Å². The lowest BCUT2D eigenvalue weighted by molar-refractivity contribution is -0.138. The fourth-order valence-corrected chi connectivity index (χ4v) is 2.12. The Balaban J connectivity index is 2.79. The van der Waals surface area contributed by atoms with Crippen molar-refractivity contribution in [3.05, 3.63) is 28.8 Å². The van der Waals surface area contributed by atoms with Gasteiger partial charge in [-0.3, -0.25) is 4.79 Å². The molecule has 0 aliphatic heterocycles. The monoisotopic (exact) mass is 271 g/mol. The van der Waals surface area contributed by atoms with Crippen molar-refractivity contribution in [3.63, 3.8) is 0 Å². The van der Waals surface area contributed by atoms with Crippen LogP contribution in [0.4, 0.5) is 0 Å². The van der Waals surface area contributed by atoms with Crippen LogP contribution in [0.25, 0.3) is 0 Å². The van der Waals surface area contributed by atoms with Crippen molar-refractivity contribution < 1.29 is 14.6 Å². The minimum atomic E-state index is -0.812. The number of benzene rings is 1. The van der Waals surface area contributed by atoms with Gasteiger partial charge in [-0.2, -0.15) is 0 Å². The van der Waals surface area contributed by atoms with Crippen LogP contribution < -0.4 is 10.5 Å². The quantitative estimate of drug-likeness (QED) is 0.834. The Morgan fingerprint density at radius 1 is 1.56 bits per heavy atom. The fraction of sp³-hybridized carbons (Fsp3) is 0.462. The zero-order valence-corrected chi connectivity index (χ0v) is 11.3. The second-order valence-electron chi connectivity index (χ2n) is 4.43. The number of aliphatic carboxylic acids is 1. The van der Waals surface area contributed by atoms with Crippen molar-refractivity contribution in [2.45, 2.75) is 25.8 Å². The summed E-state index contributed by atoms with van der Waals surface area (Å²) in [6.07, 6.45) is 0.680. The molecule has 0 fully saturated rings. The van der Waals surface area contributed by atoms with Gasteiger partial charge in [0.05, 0.1) is 7.11 Å². The molecule has 1 aromatic carbocycles. The number of halogens is 1. The van der Waals surface area contributed by atoms with Gasteiger partial charge in [0.1, 0.15) is 5.75 Å². The van der Waals surface area contributed by atoms with Gasteiger partial charge in [-0.05, 0) is 30.5 Å². The lowest BCUT2D eigenvalue weighted by Crippen LogP contribution is -2.16.